The van der Waals surface area contributed by atoms with Crippen LogP contribution in [0.2, 0.25) is 0 Å². The summed E-state index contributed by atoms with van der Waals surface area (Å²) in [5.41, 5.74) is 7.39. The number of aryl methyl sites for hydroxylation is 1. The Morgan fingerprint density at radius 1 is 1.53 bits per heavy atom. The summed E-state index contributed by atoms with van der Waals surface area (Å²) in [6, 6.07) is 0. The maximum Gasteiger partial charge on any atom is 0.259 e. The summed E-state index contributed by atoms with van der Waals surface area (Å²) in [6.45, 7) is 4.16. The molecule has 0 saturated carbocycles. The van der Waals surface area contributed by atoms with Crippen molar-refractivity contribution in [2.75, 3.05) is 13.7 Å². The van der Waals surface area contributed by atoms with E-state index in [1.807, 2.05) is 24.6 Å². The van der Waals surface area contributed by atoms with Crippen LogP contribution in [0, 0.1) is 6.92 Å². The normalized spacial score (nSPS) is 14.8. The molecule has 0 aromatic carbocycles. The average Bonchev–Trinajstić information content (AvgIpc) is 2.85. The van der Waals surface area contributed by atoms with Crippen molar-refractivity contribution in [1.29, 1.82) is 0 Å². The molecule has 2 aromatic heterocycles. The van der Waals surface area contributed by atoms with E-state index in [2.05, 4.69) is 10.1 Å². The van der Waals surface area contributed by atoms with E-state index in [1.165, 1.54) is 0 Å². The van der Waals surface area contributed by atoms with Crippen molar-refractivity contribution < 1.29 is 9.26 Å². The summed E-state index contributed by atoms with van der Waals surface area (Å²) in [4.78, 5) is 4.33. The van der Waals surface area contributed by atoms with Gasteiger partial charge in [0.2, 0.25) is 0 Å². The molecule has 92 valence electrons. The van der Waals surface area contributed by atoms with Crippen molar-refractivity contribution in [1.82, 2.24) is 10.1 Å². The van der Waals surface area contributed by atoms with E-state index in [0.29, 0.717) is 18.3 Å². The fraction of sp³-hybridized carbons (Fsp3) is 0.455. The molecule has 2 aromatic rings. The highest BCUT2D eigenvalue weighted by Gasteiger charge is 2.28. The molecule has 0 aliphatic rings. The Bertz CT molecular complexity index is 504. The highest BCUT2D eigenvalue weighted by atomic mass is 32.1. The molecule has 6 heteroatoms. The maximum atomic E-state index is 6.05. The van der Waals surface area contributed by atoms with E-state index in [1.54, 1.807) is 18.4 Å². The molecule has 0 radical (unpaired) electrons. The van der Waals surface area contributed by atoms with Gasteiger partial charge in [-0.2, -0.15) is 16.3 Å². The highest BCUT2D eigenvalue weighted by molar-refractivity contribution is 7.08. The maximum absolute atomic E-state index is 6.05. The van der Waals surface area contributed by atoms with Gasteiger partial charge in [0.1, 0.15) is 5.54 Å². The zero-order valence-corrected chi connectivity index (χ0v) is 10.9. The summed E-state index contributed by atoms with van der Waals surface area (Å²) in [7, 11) is 1.59. The second-order valence-corrected chi connectivity index (χ2v) is 4.99. The Labute approximate surface area is 104 Å². The van der Waals surface area contributed by atoms with Gasteiger partial charge >= 0.3 is 0 Å². The van der Waals surface area contributed by atoms with Gasteiger partial charge in [-0.1, -0.05) is 5.16 Å². The number of nitrogens with zero attached hydrogens (tertiary/aromatic N) is 2. The molecule has 0 amide bonds. The van der Waals surface area contributed by atoms with Crippen LogP contribution in [-0.2, 0) is 10.3 Å². The first kappa shape index (κ1) is 12.2. The second-order valence-electron chi connectivity index (χ2n) is 4.24. The standard InChI is InChI=1S/C11H15N3O2S/c1-7-4-17-5-8(7)9-13-10(14-16-9)11(2,12)6-15-3/h4-5H,6,12H2,1-3H3. The fourth-order valence-electron chi connectivity index (χ4n) is 1.51. The molecule has 2 heterocycles. The van der Waals surface area contributed by atoms with Crippen LogP contribution in [0.25, 0.3) is 11.5 Å². The minimum Gasteiger partial charge on any atom is -0.382 e. The van der Waals surface area contributed by atoms with Gasteiger partial charge in [-0.15, -0.1) is 0 Å². The Hall–Kier alpha value is -1.24. The van der Waals surface area contributed by atoms with E-state index in [4.69, 9.17) is 15.0 Å². The third-order valence-corrected chi connectivity index (χ3v) is 3.33. The second kappa shape index (κ2) is 4.56. The van der Waals surface area contributed by atoms with Crippen molar-refractivity contribution in [3.8, 4) is 11.5 Å². The number of aromatic nitrogens is 2. The molecule has 1 atom stereocenters. The van der Waals surface area contributed by atoms with Crippen LogP contribution < -0.4 is 5.73 Å². The number of hydrogen-bond donors (Lipinski definition) is 1. The Morgan fingerprint density at radius 2 is 2.29 bits per heavy atom. The Kier molecular flexibility index (Phi) is 3.28. The Balaban J connectivity index is 2.31. The van der Waals surface area contributed by atoms with Crippen LogP contribution in [0.1, 0.15) is 18.3 Å². The molecule has 2 rings (SSSR count). The lowest BCUT2D eigenvalue weighted by molar-refractivity contribution is 0.135. The largest absolute Gasteiger partial charge is 0.382 e. The minimum absolute atomic E-state index is 0.342. The lowest BCUT2D eigenvalue weighted by Crippen LogP contribution is -2.38. The molecule has 0 aliphatic carbocycles. The molecule has 0 fully saturated rings. The third-order valence-electron chi connectivity index (χ3n) is 2.47. The van der Waals surface area contributed by atoms with E-state index < -0.39 is 5.54 Å². The van der Waals surface area contributed by atoms with Crippen molar-refractivity contribution >= 4 is 11.3 Å². The van der Waals surface area contributed by atoms with Crippen LogP contribution >= 0.6 is 11.3 Å². The summed E-state index contributed by atoms with van der Waals surface area (Å²) in [5.74, 6) is 0.964. The van der Waals surface area contributed by atoms with E-state index in [-0.39, 0.29) is 0 Å². The van der Waals surface area contributed by atoms with Gasteiger partial charge in [0.25, 0.3) is 5.89 Å². The van der Waals surface area contributed by atoms with Gasteiger partial charge in [-0.3, -0.25) is 0 Å². The van der Waals surface area contributed by atoms with Crippen molar-refractivity contribution in [3.05, 3.63) is 22.1 Å². The topological polar surface area (TPSA) is 74.2 Å². The monoisotopic (exact) mass is 253 g/mol. The van der Waals surface area contributed by atoms with Crippen molar-refractivity contribution in [2.24, 2.45) is 5.73 Å². The first-order chi connectivity index (χ1) is 8.04. The van der Waals surface area contributed by atoms with Crippen LogP contribution in [0.5, 0.6) is 0 Å². The van der Waals surface area contributed by atoms with Crippen molar-refractivity contribution in [3.63, 3.8) is 0 Å². The number of thiophene rings is 1. The van der Waals surface area contributed by atoms with Crippen LogP contribution in [-0.4, -0.2) is 23.9 Å². The average molecular weight is 253 g/mol. The van der Waals surface area contributed by atoms with Gasteiger partial charge in [0.15, 0.2) is 5.82 Å². The first-order valence-corrected chi connectivity index (χ1v) is 6.14. The van der Waals surface area contributed by atoms with Gasteiger partial charge in [0, 0.05) is 12.5 Å². The lowest BCUT2D eigenvalue weighted by atomic mass is 10.1. The smallest absolute Gasteiger partial charge is 0.259 e. The highest BCUT2D eigenvalue weighted by Crippen LogP contribution is 2.26. The molecular weight excluding hydrogens is 238 g/mol. The fourth-order valence-corrected chi connectivity index (χ4v) is 2.33. The number of nitrogens with two attached hydrogens (primary N) is 1. The van der Waals surface area contributed by atoms with Gasteiger partial charge in [0.05, 0.1) is 12.2 Å². The molecule has 17 heavy (non-hydrogen) atoms. The van der Waals surface area contributed by atoms with Gasteiger partial charge in [-0.25, -0.2) is 0 Å². The Morgan fingerprint density at radius 3 is 2.88 bits per heavy atom. The van der Waals surface area contributed by atoms with Crippen molar-refractivity contribution in [2.45, 2.75) is 19.4 Å². The van der Waals surface area contributed by atoms with Gasteiger partial charge < -0.3 is 15.0 Å². The molecule has 5 nitrogen and oxygen atoms in total. The van der Waals surface area contributed by atoms with E-state index >= 15 is 0 Å². The SMILES string of the molecule is COCC(C)(N)c1noc(-c2cscc2C)n1. The van der Waals surface area contributed by atoms with Crippen LogP contribution in [0.15, 0.2) is 15.3 Å². The molecule has 0 saturated heterocycles. The zero-order chi connectivity index (χ0) is 12.5. The molecule has 0 spiro atoms. The summed E-state index contributed by atoms with van der Waals surface area (Å²) < 4.78 is 10.3. The molecule has 2 N–H and O–H groups in total. The minimum atomic E-state index is -0.736. The summed E-state index contributed by atoms with van der Waals surface area (Å²) in [5, 5.41) is 7.94. The first-order valence-electron chi connectivity index (χ1n) is 5.20. The number of ether oxygens (including phenoxy) is 1. The number of hydrogen-bond acceptors (Lipinski definition) is 6. The predicted octanol–water partition coefficient (Wildman–Crippen LogP) is 1.93. The predicted molar refractivity (Wildman–Crippen MR) is 65.8 cm³/mol. The van der Waals surface area contributed by atoms with Crippen LogP contribution in [0.4, 0.5) is 0 Å². The summed E-state index contributed by atoms with van der Waals surface area (Å²) >= 11 is 1.60. The lowest BCUT2D eigenvalue weighted by Gasteiger charge is -2.18. The third kappa shape index (κ3) is 2.38. The van der Waals surface area contributed by atoms with Crippen LogP contribution in [0.3, 0.4) is 0 Å². The number of rotatable bonds is 4. The van der Waals surface area contributed by atoms with E-state index in [9.17, 15) is 0 Å². The molecule has 0 bridgehead atoms. The number of methoxy groups -OCH3 is 1. The quantitative estimate of drug-likeness (QED) is 0.901. The van der Waals surface area contributed by atoms with E-state index in [0.717, 1.165) is 11.1 Å². The summed E-state index contributed by atoms with van der Waals surface area (Å²) in [6.07, 6.45) is 0. The zero-order valence-electron chi connectivity index (χ0n) is 10.1. The van der Waals surface area contributed by atoms with Gasteiger partial charge in [-0.05, 0) is 24.8 Å². The molecule has 0 aliphatic heterocycles. The molecule has 1 unspecified atom stereocenters. The molecular formula is C11H15N3O2S.